The molecule has 0 fully saturated rings. The topological polar surface area (TPSA) is 90.3 Å². The molecule has 25 heavy (non-hydrogen) atoms. The van der Waals surface area contributed by atoms with Crippen LogP contribution in [0.5, 0.6) is 0 Å². The highest BCUT2D eigenvalue weighted by Gasteiger charge is 2.28. The molecule has 2 aromatic rings. The van der Waals surface area contributed by atoms with Crippen LogP contribution < -0.4 is 17.0 Å². The van der Waals surface area contributed by atoms with Gasteiger partial charge in [-0.2, -0.15) is 0 Å². The minimum absolute atomic E-state index is 0.0661. The zero-order chi connectivity index (χ0) is 18.3. The van der Waals surface area contributed by atoms with Crippen molar-refractivity contribution >= 4 is 11.6 Å². The minimum atomic E-state index is -0.647. The molecule has 0 amide bonds. The Morgan fingerprint density at radius 3 is 2.64 bits per heavy atom. The van der Waals surface area contributed by atoms with Gasteiger partial charge in [-0.1, -0.05) is 24.3 Å². The predicted molar refractivity (Wildman–Crippen MR) is 95.8 cm³/mol. The molecular formula is C18H22N4O3. The van der Waals surface area contributed by atoms with Crippen LogP contribution in [0.3, 0.4) is 0 Å². The first-order valence-electron chi connectivity index (χ1n) is 8.19. The lowest BCUT2D eigenvalue weighted by molar-refractivity contribution is 0.0917. The van der Waals surface area contributed by atoms with E-state index in [0.29, 0.717) is 0 Å². The van der Waals surface area contributed by atoms with E-state index in [2.05, 4.69) is 12.1 Å². The largest absolute Gasteiger partial charge is 0.384 e. The number of hydrogen-bond acceptors (Lipinski definition) is 5. The molecule has 0 bridgehead atoms. The first kappa shape index (κ1) is 17.2. The molecule has 0 unspecified atom stereocenters. The normalized spacial score (nSPS) is 16.2. The Morgan fingerprint density at radius 2 is 1.92 bits per heavy atom. The van der Waals surface area contributed by atoms with E-state index in [1.54, 1.807) is 0 Å². The van der Waals surface area contributed by atoms with Gasteiger partial charge in [-0.25, -0.2) is 4.79 Å². The Kier molecular flexibility index (Phi) is 4.34. The lowest BCUT2D eigenvalue weighted by Crippen LogP contribution is -2.43. The molecule has 7 heteroatoms. The zero-order valence-corrected chi connectivity index (χ0v) is 14.7. The van der Waals surface area contributed by atoms with Crippen LogP contribution in [-0.2, 0) is 20.5 Å². The van der Waals surface area contributed by atoms with E-state index in [1.807, 2.05) is 24.1 Å². The Hall–Kier alpha value is -2.67. The summed E-state index contributed by atoms with van der Waals surface area (Å²) in [4.78, 5) is 38.9. The molecule has 0 saturated carbocycles. The van der Waals surface area contributed by atoms with Gasteiger partial charge >= 0.3 is 5.69 Å². The van der Waals surface area contributed by atoms with Crippen molar-refractivity contribution in [3.8, 4) is 0 Å². The molecule has 132 valence electrons. The van der Waals surface area contributed by atoms with Crippen molar-refractivity contribution in [3.05, 3.63) is 61.8 Å². The molecule has 3 rings (SSSR count). The number of aromatic nitrogens is 2. The summed E-state index contributed by atoms with van der Waals surface area (Å²) >= 11 is 0. The van der Waals surface area contributed by atoms with Crippen molar-refractivity contribution in [2.75, 3.05) is 19.3 Å². The number of nitrogen functional groups attached to an aromatic ring is 1. The van der Waals surface area contributed by atoms with Crippen LogP contribution in [0.25, 0.3) is 0 Å². The van der Waals surface area contributed by atoms with Gasteiger partial charge in [0.25, 0.3) is 5.56 Å². The lowest BCUT2D eigenvalue weighted by atomic mass is 10.1. The van der Waals surface area contributed by atoms with Gasteiger partial charge in [-0.05, 0) is 31.0 Å². The molecular weight excluding hydrogens is 320 g/mol. The number of likely N-dealkylation sites (N-methyl/N-ethyl adjacent to an activating group) is 1. The molecule has 7 nitrogen and oxygen atoms in total. The monoisotopic (exact) mass is 342 g/mol. The second-order valence-electron chi connectivity index (χ2n) is 6.56. The lowest BCUT2D eigenvalue weighted by Gasteiger charge is -2.24. The first-order chi connectivity index (χ1) is 11.8. The SMILES string of the molecule is CN(CC(=O)c1c(N)n(C)c(=O)n(C)c1=O)[C@H]1CCc2ccccc21. The summed E-state index contributed by atoms with van der Waals surface area (Å²) in [5.41, 5.74) is 7.07. The quantitative estimate of drug-likeness (QED) is 0.816. The summed E-state index contributed by atoms with van der Waals surface area (Å²) in [6.07, 6.45) is 1.91. The van der Waals surface area contributed by atoms with Crippen molar-refractivity contribution in [2.24, 2.45) is 14.1 Å². The average Bonchev–Trinajstić information content (AvgIpc) is 3.02. The Bertz CT molecular complexity index is 958. The average molecular weight is 342 g/mol. The van der Waals surface area contributed by atoms with E-state index in [9.17, 15) is 14.4 Å². The number of nitrogens with zero attached hydrogens (tertiary/aromatic N) is 3. The Morgan fingerprint density at radius 1 is 1.24 bits per heavy atom. The van der Waals surface area contributed by atoms with Crippen molar-refractivity contribution in [2.45, 2.75) is 18.9 Å². The molecule has 1 heterocycles. The molecule has 1 aliphatic rings. The molecule has 0 saturated heterocycles. The fourth-order valence-corrected chi connectivity index (χ4v) is 3.53. The Balaban J connectivity index is 1.89. The number of ketones is 1. The van der Waals surface area contributed by atoms with E-state index in [0.717, 1.165) is 22.0 Å². The molecule has 0 spiro atoms. The van der Waals surface area contributed by atoms with Crippen LogP contribution in [-0.4, -0.2) is 33.4 Å². The van der Waals surface area contributed by atoms with Gasteiger partial charge in [-0.3, -0.25) is 23.6 Å². The summed E-state index contributed by atoms with van der Waals surface area (Å²) < 4.78 is 2.04. The van der Waals surface area contributed by atoms with Crippen LogP contribution in [0.1, 0.15) is 33.9 Å². The molecule has 0 aliphatic heterocycles. The number of aryl methyl sites for hydroxylation is 1. The van der Waals surface area contributed by atoms with E-state index < -0.39 is 11.2 Å². The first-order valence-corrected chi connectivity index (χ1v) is 8.19. The highest BCUT2D eigenvalue weighted by molar-refractivity contribution is 6.01. The van der Waals surface area contributed by atoms with E-state index in [1.165, 1.54) is 25.2 Å². The second-order valence-corrected chi connectivity index (χ2v) is 6.56. The number of benzene rings is 1. The van der Waals surface area contributed by atoms with Crippen molar-refractivity contribution in [1.82, 2.24) is 14.0 Å². The zero-order valence-electron chi connectivity index (χ0n) is 14.7. The van der Waals surface area contributed by atoms with Gasteiger partial charge in [-0.15, -0.1) is 0 Å². The third-order valence-electron chi connectivity index (χ3n) is 5.01. The molecule has 1 aromatic carbocycles. The number of nitrogens with two attached hydrogens (primary N) is 1. The number of Topliss-reactive ketones (excluding diaryl/α,β-unsaturated/α-hetero) is 1. The van der Waals surface area contributed by atoms with E-state index in [-0.39, 0.29) is 29.8 Å². The number of anilines is 1. The van der Waals surface area contributed by atoms with Gasteiger partial charge in [0.05, 0.1) is 6.54 Å². The molecule has 1 aliphatic carbocycles. The highest BCUT2D eigenvalue weighted by Crippen LogP contribution is 2.34. The van der Waals surface area contributed by atoms with Gasteiger partial charge in [0.15, 0.2) is 5.78 Å². The smallest absolute Gasteiger partial charge is 0.332 e. The summed E-state index contributed by atoms with van der Waals surface area (Å²) in [5, 5.41) is 0. The summed E-state index contributed by atoms with van der Waals surface area (Å²) in [5.74, 6) is -0.459. The maximum Gasteiger partial charge on any atom is 0.332 e. The van der Waals surface area contributed by atoms with Crippen LogP contribution in [0.4, 0.5) is 5.82 Å². The third-order valence-corrected chi connectivity index (χ3v) is 5.01. The molecule has 0 radical (unpaired) electrons. The minimum Gasteiger partial charge on any atom is -0.384 e. The predicted octanol–water partition coefficient (Wildman–Crippen LogP) is 0.468. The van der Waals surface area contributed by atoms with Crippen molar-refractivity contribution in [3.63, 3.8) is 0 Å². The standard InChI is InChI=1S/C18H22N4O3/c1-20(13-9-8-11-6-4-5-7-12(11)13)10-14(23)15-16(19)21(2)18(25)22(3)17(15)24/h4-7,13H,8-10,19H2,1-3H3/t13-/m0/s1. The van der Waals surface area contributed by atoms with Gasteiger partial charge < -0.3 is 5.73 Å². The highest BCUT2D eigenvalue weighted by atomic mass is 16.2. The fourth-order valence-electron chi connectivity index (χ4n) is 3.53. The van der Waals surface area contributed by atoms with Crippen LogP contribution in [0.15, 0.2) is 33.9 Å². The molecule has 1 atom stereocenters. The van der Waals surface area contributed by atoms with E-state index in [4.69, 9.17) is 5.73 Å². The molecule has 1 aromatic heterocycles. The number of carbonyl (C=O) groups is 1. The summed E-state index contributed by atoms with van der Waals surface area (Å²) in [6.45, 7) is 0.0661. The van der Waals surface area contributed by atoms with Crippen LogP contribution >= 0.6 is 0 Å². The Labute approximate surface area is 145 Å². The van der Waals surface area contributed by atoms with Crippen LogP contribution in [0, 0.1) is 0 Å². The maximum absolute atomic E-state index is 12.7. The summed E-state index contributed by atoms with van der Waals surface area (Å²) in [7, 11) is 4.66. The van der Waals surface area contributed by atoms with Gasteiger partial charge in [0.2, 0.25) is 0 Å². The van der Waals surface area contributed by atoms with Crippen molar-refractivity contribution < 1.29 is 4.79 Å². The molecule has 2 N–H and O–H groups in total. The van der Waals surface area contributed by atoms with Gasteiger partial charge in [0, 0.05) is 20.1 Å². The third kappa shape index (κ3) is 2.80. The van der Waals surface area contributed by atoms with E-state index >= 15 is 0 Å². The second kappa shape index (κ2) is 6.33. The maximum atomic E-state index is 12.7. The number of fused-ring (bicyclic) bond motifs is 1. The number of hydrogen-bond donors (Lipinski definition) is 1. The fraction of sp³-hybridized carbons (Fsp3) is 0.389. The van der Waals surface area contributed by atoms with Crippen LogP contribution in [0.2, 0.25) is 0 Å². The number of carbonyl (C=O) groups excluding carboxylic acids is 1. The van der Waals surface area contributed by atoms with Gasteiger partial charge in [0.1, 0.15) is 11.4 Å². The number of rotatable bonds is 4. The van der Waals surface area contributed by atoms with Crippen molar-refractivity contribution in [1.29, 1.82) is 0 Å². The summed E-state index contributed by atoms with van der Waals surface area (Å²) in [6, 6.07) is 8.33.